The molecular formula is C26H29F3N4O7. The van der Waals surface area contributed by atoms with Gasteiger partial charge in [0, 0.05) is 32.1 Å². The van der Waals surface area contributed by atoms with E-state index in [0.29, 0.717) is 29.4 Å². The van der Waals surface area contributed by atoms with E-state index in [2.05, 4.69) is 20.1 Å². The van der Waals surface area contributed by atoms with E-state index in [1.165, 1.54) is 42.4 Å². The molecule has 3 aromatic rings. The maximum Gasteiger partial charge on any atom is 0.573 e. The molecule has 5 atom stereocenters. The molecule has 14 heteroatoms. The molecule has 0 unspecified atom stereocenters. The predicted octanol–water partition coefficient (Wildman–Crippen LogP) is 4.56. The topological polar surface area (TPSA) is 115 Å². The molecule has 2 heterocycles. The van der Waals surface area contributed by atoms with Gasteiger partial charge in [-0.25, -0.2) is 14.5 Å². The number of carbonyl (C=O) groups excluding carboxylic acids is 1. The number of ether oxygens (including phenoxy) is 6. The van der Waals surface area contributed by atoms with Crippen molar-refractivity contribution in [3.05, 3.63) is 54.9 Å². The Morgan fingerprint density at radius 3 is 2.30 bits per heavy atom. The molecule has 0 bridgehead atoms. The van der Waals surface area contributed by atoms with Crippen LogP contribution < -0.4 is 10.1 Å². The van der Waals surface area contributed by atoms with E-state index < -0.39 is 43.2 Å². The van der Waals surface area contributed by atoms with Gasteiger partial charge in [0.25, 0.3) is 0 Å². The van der Waals surface area contributed by atoms with Crippen LogP contribution in [0.4, 0.5) is 23.7 Å². The highest BCUT2D eigenvalue weighted by Crippen LogP contribution is 2.29. The fourth-order valence-electron chi connectivity index (χ4n) is 4.30. The smallest absolute Gasteiger partial charge is 0.416 e. The highest BCUT2D eigenvalue weighted by atomic mass is 19.4. The average Bonchev–Trinajstić information content (AvgIpc) is 3.39. The molecule has 216 valence electrons. The number of rotatable bonds is 9. The quantitative estimate of drug-likeness (QED) is 0.398. The summed E-state index contributed by atoms with van der Waals surface area (Å²) in [7, 11) is 3.03. The number of hydrogen-bond donors (Lipinski definition) is 1. The van der Waals surface area contributed by atoms with Crippen LogP contribution in [0.3, 0.4) is 0 Å². The number of carbonyl (C=O) groups is 1. The van der Waals surface area contributed by atoms with Crippen molar-refractivity contribution in [3.8, 4) is 22.8 Å². The second-order valence-electron chi connectivity index (χ2n) is 8.69. The number of amides is 1. The monoisotopic (exact) mass is 566 g/mol. The Labute approximate surface area is 228 Å². The minimum atomic E-state index is -4.77. The number of nitrogens with zero attached hydrogens (tertiary/aromatic N) is 3. The molecule has 1 amide bonds. The molecule has 0 saturated carbocycles. The molecule has 0 radical (unpaired) electrons. The highest BCUT2D eigenvalue weighted by Gasteiger charge is 2.47. The van der Waals surface area contributed by atoms with Gasteiger partial charge in [0.1, 0.15) is 30.4 Å². The van der Waals surface area contributed by atoms with E-state index in [4.69, 9.17) is 23.7 Å². The number of aromatic nitrogens is 3. The van der Waals surface area contributed by atoms with E-state index >= 15 is 0 Å². The molecular weight excluding hydrogens is 537 g/mol. The number of anilines is 1. The Morgan fingerprint density at radius 2 is 1.70 bits per heavy atom. The second kappa shape index (κ2) is 12.6. The summed E-state index contributed by atoms with van der Waals surface area (Å²) in [6.45, 7) is 4.06. The molecule has 1 aliphatic rings. The summed E-state index contributed by atoms with van der Waals surface area (Å²) in [5.41, 5.74) is 1.58. The van der Waals surface area contributed by atoms with Crippen LogP contribution in [0, 0.1) is 0 Å². The van der Waals surface area contributed by atoms with Gasteiger partial charge in [0.15, 0.2) is 5.82 Å². The Morgan fingerprint density at radius 1 is 1.02 bits per heavy atom. The summed E-state index contributed by atoms with van der Waals surface area (Å²) < 4.78 is 70.6. The third-order valence-corrected chi connectivity index (χ3v) is 6.07. The molecule has 0 spiro atoms. The van der Waals surface area contributed by atoms with Crippen LogP contribution in [-0.4, -0.2) is 78.8 Å². The molecule has 1 aromatic heterocycles. The summed E-state index contributed by atoms with van der Waals surface area (Å²) in [5.74, 6) is 0.0284. The Balaban J connectivity index is 1.37. The highest BCUT2D eigenvalue weighted by molar-refractivity contribution is 5.85. The lowest BCUT2D eigenvalue weighted by Crippen LogP contribution is -2.60. The van der Waals surface area contributed by atoms with Crippen LogP contribution in [0.2, 0.25) is 0 Å². The average molecular weight is 567 g/mol. The van der Waals surface area contributed by atoms with Gasteiger partial charge in [0.2, 0.25) is 6.29 Å². The lowest BCUT2D eigenvalue weighted by molar-refractivity contribution is -0.292. The number of benzene rings is 2. The van der Waals surface area contributed by atoms with Crippen molar-refractivity contribution >= 4 is 11.8 Å². The van der Waals surface area contributed by atoms with E-state index in [9.17, 15) is 18.0 Å². The van der Waals surface area contributed by atoms with E-state index in [-0.39, 0.29) is 5.75 Å². The molecule has 40 heavy (non-hydrogen) atoms. The van der Waals surface area contributed by atoms with Crippen LogP contribution in [0.5, 0.6) is 5.75 Å². The van der Waals surface area contributed by atoms with E-state index in [1.54, 1.807) is 38.3 Å². The first kappa shape index (κ1) is 29.3. The van der Waals surface area contributed by atoms with Crippen LogP contribution in [0.25, 0.3) is 17.1 Å². The van der Waals surface area contributed by atoms with Gasteiger partial charge in [-0.15, -0.1) is 18.3 Å². The van der Waals surface area contributed by atoms with Gasteiger partial charge in [-0.1, -0.05) is 0 Å². The normalized spacial score (nSPS) is 23.0. The molecule has 1 aliphatic heterocycles. The van der Waals surface area contributed by atoms with Gasteiger partial charge < -0.3 is 28.4 Å². The van der Waals surface area contributed by atoms with Gasteiger partial charge in [-0.05, 0) is 62.4 Å². The summed E-state index contributed by atoms with van der Waals surface area (Å²) in [6.07, 6.45) is -7.14. The number of methoxy groups -OCH3 is 2. The first-order valence-corrected chi connectivity index (χ1v) is 12.3. The maximum absolute atomic E-state index is 12.6. The summed E-state index contributed by atoms with van der Waals surface area (Å²) in [6, 6.07) is 11.9. The van der Waals surface area contributed by atoms with Crippen LogP contribution >= 0.6 is 0 Å². The molecule has 4 rings (SSSR count). The number of alkyl halides is 3. The molecule has 1 fully saturated rings. The van der Waals surface area contributed by atoms with Crippen molar-refractivity contribution < 1.29 is 46.4 Å². The van der Waals surface area contributed by atoms with Gasteiger partial charge in [-0.3, -0.25) is 5.32 Å². The van der Waals surface area contributed by atoms with Crippen molar-refractivity contribution in [2.45, 2.75) is 50.9 Å². The summed E-state index contributed by atoms with van der Waals surface area (Å²) >= 11 is 0. The molecule has 1 saturated heterocycles. The SMILES string of the molecule is CCO[C@@H]1[C@@H](OC)[C@H](C)O[C@H](OC(=O)Nc2ccc(-c3ncn(-c4ccc(OC(F)(F)F)cc4)n3)cc2)[C@@H]1OC. The molecule has 0 aliphatic carbocycles. The van der Waals surface area contributed by atoms with Crippen LogP contribution in [0.1, 0.15) is 13.8 Å². The lowest BCUT2D eigenvalue weighted by atomic mass is 9.99. The standard InChI is InChI=1S/C26H29F3N4O7/c1-5-37-21-20(35-3)15(2)38-24(22(21)36-4)39-25(34)31-17-8-6-16(7-9-17)23-30-14-33(32-23)18-10-12-19(13-11-18)40-26(27,28)29/h6-15,20-22,24H,5H2,1-4H3,(H,31,34)/t15-,20-,21+,22+,24+/m0/s1. The zero-order valence-corrected chi connectivity index (χ0v) is 22.1. The zero-order valence-electron chi connectivity index (χ0n) is 22.1. The minimum absolute atomic E-state index is 0.339. The predicted molar refractivity (Wildman–Crippen MR) is 135 cm³/mol. The van der Waals surface area contributed by atoms with Gasteiger partial charge in [0.05, 0.1) is 11.8 Å². The van der Waals surface area contributed by atoms with E-state index in [1.807, 2.05) is 6.92 Å². The Hall–Kier alpha value is -3.72. The van der Waals surface area contributed by atoms with Gasteiger partial charge >= 0.3 is 12.5 Å². The van der Waals surface area contributed by atoms with Crippen molar-refractivity contribution in [1.29, 1.82) is 0 Å². The number of nitrogens with one attached hydrogen (secondary N) is 1. The summed E-state index contributed by atoms with van der Waals surface area (Å²) in [5, 5.41) is 7.01. The third kappa shape index (κ3) is 7.07. The summed E-state index contributed by atoms with van der Waals surface area (Å²) in [4.78, 5) is 16.9. The van der Waals surface area contributed by atoms with E-state index in [0.717, 1.165) is 0 Å². The fourth-order valence-corrected chi connectivity index (χ4v) is 4.30. The minimum Gasteiger partial charge on any atom is -0.416 e. The third-order valence-electron chi connectivity index (χ3n) is 6.07. The first-order valence-electron chi connectivity index (χ1n) is 12.3. The van der Waals surface area contributed by atoms with Crippen LogP contribution in [0.15, 0.2) is 54.9 Å². The van der Waals surface area contributed by atoms with Crippen molar-refractivity contribution in [2.75, 3.05) is 26.1 Å². The largest absolute Gasteiger partial charge is 0.573 e. The maximum atomic E-state index is 12.6. The first-order chi connectivity index (χ1) is 19.1. The van der Waals surface area contributed by atoms with Crippen LogP contribution in [-0.2, 0) is 23.7 Å². The second-order valence-corrected chi connectivity index (χ2v) is 8.69. The van der Waals surface area contributed by atoms with Crippen molar-refractivity contribution in [3.63, 3.8) is 0 Å². The Bertz CT molecular complexity index is 1250. The van der Waals surface area contributed by atoms with Crippen molar-refractivity contribution in [1.82, 2.24) is 14.8 Å². The molecule has 11 nitrogen and oxygen atoms in total. The Kier molecular flexibility index (Phi) is 9.25. The van der Waals surface area contributed by atoms with Gasteiger partial charge in [-0.2, -0.15) is 0 Å². The molecule has 2 aromatic carbocycles. The lowest BCUT2D eigenvalue weighted by Gasteiger charge is -2.43. The number of halogens is 3. The fraction of sp³-hybridized carbons (Fsp3) is 0.423. The zero-order chi connectivity index (χ0) is 28.9. The molecule has 1 N–H and O–H groups in total. The number of hydrogen-bond acceptors (Lipinski definition) is 9. The van der Waals surface area contributed by atoms with Crippen molar-refractivity contribution in [2.24, 2.45) is 0 Å².